The lowest BCUT2D eigenvalue weighted by atomic mass is 9.84. The lowest BCUT2D eigenvalue weighted by Gasteiger charge is -2.33. The van der Waals surface area contributed by atoms with Crippen LogP contribution in [0.1, 0.15) is 169 Å². The van der Waals surface area contributed by atoms with Gasteiger partial charge in [0.25, 0.3) is 0 Å². The van der Waals surface area contributed by atoms with Crippen LogP contribution in [-0.4, -0.2) is 271 Å². The SMILES string of the molecule is CC[C@H](C)[C@@H]1NC(=O)[C@H](Cc2ccc(-c3ccccc3)cc2)NC(=O)[C@H](C(C)C)NC(=O)[C@H](Cc2c[nH]c3ccccc23)NC(=O)[C@H](CC(=O)O)NC(=O)[C@H](Cc2ccc(O)cc2)NC(=O)[C@H](Cc2ccc(OCC(=O)O)cc2)NC(=O)CSC[C@@H](C(=O)N[C@@H](C)C(N)=O)NC(=O)[C@H]([C@@H](C)O)NC(=O)[C@H](C(C)C)NC(=O)[C@H](CC2CCCCC2)NC(=O)[C@H](CCCNC(=N)N)NC(=O)[C@@H](CC(C)C)NC(=O)[C@H](C)N(C)C1=O. The Hall–Kier alpha value is -14.7. The average Bonchev–Trinajstić information content (AvgIpc) is 1.78. The number of carboxylic acid groups (broad SMARTS) is 2. The number of aromatic amines is 1. The van der Waals surface area contributed by atoms with E-state index in [-0.39, 0.29) is 86.0 Å². The van der Waals surface area contributed by atoms with E-state index in [4.69, 9.17) is 21.6 Å². The van der Waals surface area contributed by atoms with Crippen LogP contribution in [0.3, 0.4) is 0 Å². The predicted molar refractivity (Wildman–Crippen MR) is 547 cm³/mol. The van der Waals surface area contributed by atoms with E-state index in [9.17, 15) is 58.8 Å². The van der Waals surface area contributed by atoms with Crippen LogP contribution in [0, 0.1) is 35.0 Å². The Labute approximate surface area is 857 Å². The van der Waals surface area contributed by atoms with Crippen molar-refractivity contribution in [3.8, 4) is 22.6 Å². The zero-order valence-electron chi connectivity index (χ0n) is 84.8. The number of benzene rings is 5. The number of phenolic OH excluding ortho intramolecular Hbond substituents is 1. The van der Waals surface area contributed by atoms with Gasteiger partial charge in [0.2, 0.25) is 94.5 Å². The Morgan fingerprint density at radius 2 is 0.973 bits per heavy atom. The number of thioether (sulfide) groups is 1. The van der Waals surface area contributed by atoms with E-state index in [0.29, 0.717) is 46.6 Å². The lowest BCUT2D eigenvalue weighted by Crippen LogP contribution is -2.63. The summed E-state index contributed by atoms with van der Waals surface area (Å²) < 4.78 is 5.33. The van der Waals surface area contributed by atoms with E-state index in [0.717, 1.165) is 42.2 Å². The molecule has 0 unspecified atom stereocenters. The first kappa shape index (κ1) is 118. The van der Waals surface area contributed by atoms with Crippen LogP contribution < -0.4 is 96.0 Å². The fourth-order valence-corrected chi connectivity index (χ4v) is 17.8. The number of rotatable bonds is 30. The molecule has 44 heteroatoms. The molecule has 1 aromatic heterocycles. The van der Waals surface area contributed by atoms with Gasteiger partial charge in [-0.15, -0.1) is 11.8 Å². The number of aliphatic hydroxyl groups is 1. The highest BCUT2D eigenvalue weighted by atomic mass is 32.2. The Kier molecular flexibility index (Phi) is 45.8. The largest absolute Gasteiger partial charge is 0.508 e. The number of fused-ring (bicyclic) bond motifs is 1. The highest BCUT2D eigenvalue weighted by Crippen LogP contribution is 2.30. The van der Waals surface area contributed by atoms with Crippen LogP contribution >= 0.6 is 11.8 Å². The van der Waals surface area contributed by atoms with Crippen LogP contribution in [0.25, 0.3) is 22.0 Å². The average molecular weight is 2060 g/mol. The number of hydrogen-bond donors (Lipinski definition) is 23. The molecule has 1 saturated heterocycles. The standard InChI is InChI=1S/C103H142N20O23S/c1-13-57(8)86-102(145)123(12)59(10)89(132)112-73(43-54(2)3)91(134)111-72(29-22-42-107-103(105)106)90(133)113-76(44-61-23-16-14-17-24-61)95(138)120-85(56(6)7)100(143)122-87(60(11)124)101(144)118-80(98(141)109-58(9)88(104)131)52-147-53-81(126)110-74(45-64-34-40-69(41-35-64)146-51-83(129)130)92(135)114-75(47-63-32-38-68(125)39-33-63)93(136)116-79(49-82(127)128)94(137)115-78(48-67-50-108-71-28-21-20-27-70(67)71)97(140)119-84(55(4)5)99(142)117-77(96(139)121-86)46-62-30-36-66(37-31-62)65-25-18-15-19-26-65/h15,18-21,25-28,30-41,50,54-61,72-80,84-87,108,124-125H,13-14,16-17,22-24,29,42-49,51-53H2,1-12H3,(H2,104,131)(H,109,141)(H,110,126)(H,111,134)(H,112,132)(H,113,133)(H,114,135)(H,115,137)(H,116,136)(H,117,142)(H,118,144)(H,119,140)(H,120,138)(H,121,139)(H,122,143)(H,127,128)(H,129,130)(H4,105,106,107)/t57-,58-,59-,60+,72-,73+,74-,75-,76-,77-,78-,79-,80-,84-,85-,86-,87-/m0/s1. The molecule has 2 heterocycles. The van der Waals surface area contributed by atoms with Gasteiger partial charge in [-0.1, -0.05) is 191 Å². The van der Waals surface area contributed by atoms with Crippen LogP contribution in [0.2, 0.25) is 0 Å². The first-order valence-corrected chi connectivity index (χ1v) is 50.6. The number of carbonyl (C=O) groups is 18. The molecule has 798 valence electrons. The minimum Gasteiger partial charge on any atom is -0.508 e. The maximum Gasteiger partial charge on any atom is 0.341 e. The third-order valence-corrected chi connectivity index (χ3v) is 26.8. The smallest absolute Gasteiger partial charge is 0.341 e. The molecular formula is C103H142N20O23S. The van der Waals surface area contributed by atoms with E-state index in [1.807, 2.05) is 42.5 Å². The summed E-state index contributed by atoms with van der Waals surface area (Å²) in [5.41, 5.74) is 14.9. The van der Waals surface area contributed by atoms with Gasteiger partial charge in [-0.25, -0.2) is 4.79 Å². The summed E-state index contributed by atoms with van der Waals surface area (Å²) >= 11 is 0.668. The fraction of sp³-hybridized carbons (Fsp3) is 0.505. The van der Waals surface area contributed by atoms with Gasteiger partial charge in [0.1, 0.15) is 102 Å². The number of nitrogens with two attached hydrogens (primary N) is 2. The van der Waals surface area contributed by atoms with Crippen molar-refractivity contribution in [3.63, 3.8) is 0 Å². The quantitative estimate of drug-likeness (QED) is 0.0173. The number of carboxylic acids is 2. The molecule has 147 heavy (non-hydrogen) atoms. The number of nitrogens with zero attached hydrogens (tertiary/aromatic N) is 1. The maximum absolute atomic E-state index is 15.5. The Morgan fingerprint density at radius 3 is 1.52 bits per heavy atom. The zero-order valence-corrected chi connectivity index (χ0v) is 85.6. The van der Waals surface area contributed by atoms with Gasteiger partial charge < -0.3 is 126 Å². The first-order valence-electron chi connectivity index (χ1n) is 49.4. The number of nitrogens with one attached hydrogen (secondary N) is 17. The number of likely N-dealkylation sites (N-methyl/N-ethyl adjacent to an activating group) is 1. The van der Waals surface area contributed by atoms with Gasteiger partial charge >= 0.3 is 11.9 Å². The molecule has 6 aromatic rings. The molecule has 1 aliphatic heterocycles. The number of primary amides is 1. The summed E-state index contributed by atoms with van der Waals surface area (Å²) in [5, 5.41) is 90.0. The summed E-state index contributed by atoms with van der Waals surface area (Å²) in [6.07, 6.45) is 0.892. The Bertz CT molecular complexity index is 5570. The number of carbonyl (C=O) groups excluding carboxylic acids is 16. The molecule has 25 N–H and O–H groups in total. The van der Waals surface area contributed by atoms with Crippen LogP contribution in [0.5, 0.6) is 11.5 Å². The normalized spacial score (nSPS) is 23.5. The van der Waals surface area contributed by atoms with E-state index in [2.05, 4.69) is 84.7 Å². The number of aromatic hydroxyl groups is 1. The van der Waals surface area contributed by atoms with Crippen LogP contribution in [0.4, 0.5) is 0 Å². The van der Waals surface area contributed by atoms with Crippen molar-refractivity contribution in [1.29, 1.82) is 5.41 Å². The second-order valence-electron chi connectivity index (χ2n) is 38.6. The van der Waals surface area contributed by atoms with Crippen molar-refractivity contribution >= 4 is 135 Å². The van der Waals surface area contributed by atoms with Crippen molar-refractivity contribution in [2.45, 2.75) is 269 Å². The Balaban J connectivity index is 1.24. The van der Waals surface area contributed by atoms with Crippen molar-refractivity contribution in [1.82, 2.24) is 89.6 Å². The van der Waals surface area contributed by atoms with E-state index in [1.54, 1.807) is 98.0 Å². The highest BCUT2D eigenvalue weighted by Gasteiger charge is 2.43. The topological polar surface area (TPSA) is 673 Å². The molecule has 2 aliphatic rings. The van der Waals surface area contributed by atoms with Crippen molar-refractivity contribution < 1.29 is 111 Å². The maximum atomic E-state index is 15.5. The molecule has 5 aromatic carbocycles. The van der Waals surface area contributed by atoms with Crippen molar-refractivity contribution in [2.75, 3.05) is 31.7 Å². The molecule has 43 nitrogen and oxygen atoms in total. The number of aliphatic carboxylic acids is 2. The van der Waals surface area contributed by atoms with Gasteiger partial charge in [0.15, 0.2) is 12.6 Å². The molecule has 2 fully saturated rings. The molecule has 0 radical (unpaired) electrons. The predicted octanol–water partition coefficient (Wildman–Crippen LogP) is 1.65. The second kappa shape index (κ2) is 57.3. The number of aliphatic hydroxyl groups excluding tert-OH is 1. The van der Waals surface area contributed by atoms with Gasteiger partial charge in [0, 0.05) is 62.1 Å². The number of guanidine groups is 1. The number of hydrogen-bond acceptors (Lipinski definition) is 23. The molecule has 17 atom stereocenters. The van der Waals surface area contributed by atoms with Gasteiger partial charge in [-0.2, -0.15) is 0 Å². The number of aromatic nitrogens is 1. The molecule has 1 saturated carbocycles. The number of para-hydroxylation sites is 1. The molecule has 0 bridgehead atoms. The van der Waals surface area contributed by atoms with Gasteiger partial charge in [-0.05, 0) is 140 Å². The number of phenols is 1. The summed E-state index contributed by atoms with van der Waals surface area (Å²) in [4.78, 5) is 268. The van der Waals surface area contributed by atoms with Crippen LogP contribution in [0.15, 0.2) is 134 Å². The van der Waals surface area contributed by atoms with Crippen LogP contribution in [-0.2, 0) is 112 Å². The molecular weight excluding hydrogens is 1920 g/mol. The lowest BCUT2D eigenvalue weighted by molar-refractivity contribution is -0.143. The summed E-state index contributed by atoms with van der Waals surface area (Å²) in [7, 11) is 1.32. The minimum absolute atomic E-state index is 0.0190. The van der Waals surface area contributed by atoms with Crippen molar-refractivity contribution in [2.24, 2.45) is 41.1 Å². The first-order chi connectivity index (χ1) is 69.7. The van der Waals surface area contributed by atoms with Gasteiger partial charge in [0.05, 0.1) is 18.3 Å². The zero-order chi connectivity index (χ0) is 108. The molecule has 16 amide bonds. The van der Waals surface area contributed by atoms with Crippen molar-refractivity contribution in [3.05, 3.63) is 156 Å². The number of ether oxygens (including phenoxy) is 1. The fourth-order valence-electron chi connectivity index (χ4n) is 16.9. The minimum atomic E-state index is -2.12. The highest BCUT2D eigenvalue weighted by molar-refractivity contribution is 8.00. The summed E-state index contributed by atoms with van der Waals surface area (Å²) in [6, 6.07) is 9.74. The van der Waals surface area contributed by atoms with E-state index < -0.39 is 264 Å². The van der Waals surface area contributed by atoms with E-state index >= 15 is 47.9 Å². The molecule has 8 rings (SSSR count). The molecule has 0 spiro atoms. The monoisotopic (exact) mass is 2060 g/mol. The summed E-state index contributed by atoms with van der Waals surface area (Å²) in [5.74, 6) is -23.8. The number of H-pyrrole nitrogens is 1. The van der Waals surface area contributed by atoms with E-state index in [1.165, 1.54) is 69.4 Å². The van der Waals surface area contributed by atoms with Gasteiger partial charge in [-0.3, -0.25) is 86.9 Å². The summed E-state index contributed by atoms with van der Waals surface area (Å²) in [6.45, 7) is 16.2. The Morgan fingerprint density at radius 1 is 0.510 bits per heavy atom. The third kappa shape index (κ3) is 37.1. The second-order valence-corrected chi connectivity index (χ2v) is 39.7. The number of amides is 16. The molecule has 1 aliphatic carbocycles. The third-order valence-electron chi connectivity index (χ3n) is 25.7.